The summed E-state index contributed by atoms with van der Waals surface area (Å²) in [5, 5.41) is 2.79. The van der Waals surface area contributed by atoms with Crippen molar-refractivity contribution in [2.24, 2.45) is 11.1 Å². The third-order valence-electron chi connectivity index (χ3n) is 5.39. The Morgan fingerprint density at radius 2 is 1.88 bits per heavy atom. The molecular formula is C22H27F4N5O. The topological polar surface area (TPSA) is 84.1 Å². The van der Waals surface area contributed by atoms with E-state index in [2.05, 4.69) is 15.3 Å². The van der Waals surface area contributed by atoms with E-state index in [1.165, 1.54) is 18.5 Å². The zero-order chi connectivity index (χ0) is 23.7. The van der Waals surface area contributed by atoms with Gasteiger partial charge in [-0.2, -0.15) is 17.6 Å². The predicted molar refractivity (Wildman–Crippen MR) is 113 cm³/mol. The minimum Gasteiger partial charge on any atom is -0.368 e. The van der Waals surface area contributed by atoms with Crippen LogP contribution >= 0.6 is 0 Å². The first-order valence-electron chi connectivity index (χ1n) is 10.4. The third kappa shape index (κ3) is 5.46. The summed E-state index contributed by atoms with van der Waals surface area (Å²) in [5.41, 5.74) is 5.16. The molecule has 6 nitrogen and oxygen atoms in total. The van der Waals surface area contributed by atoms with Gasteiger partial charge < -0.3 is 16.0 Å². The normalized spacial score (nSPS) is 18.0. The van der Waals surface area contributed by atoms with Gasteiger partial charge in [-0.25, -0.2) is 9.97 Å². The summed E-state index contributed by atoms with van der Waals surface area (Å²) in [4.78, 5) is 21.6. The van der Waals surface area contributed by atoms with Crippen LogP contribution in [0, 0.1) is 11.2 Å². The van der Waals surface area contributed by atoms with Crippen molar-refractivity contribution in [2.45, 2.75) is 58.3 Å². The monoisotopic (exact) mass is 453 g/mol. The van der Waals surface area contributed by atoms with Crippen LogP contribution in [0.2, 0.25) is 0 Å². The number of hydrogen-bond acceptors (Lipinski definition) is 5. The predicted octanol–water partition coefficient (Wildman–Crippen LogP) is 4.68. The number of carbonyl (C=O) groups excluding carboxylic acids is 1. The Morgan fingerprint density at radius 3 is 2.44 bits per heavy atom. The number of benzene rings is 1. The van der Waals surface area contributed by atoms with Crippen LogP contribution in [-0.4, -0.2) is 28.5 Å². The molecule has 2 atom stereocenters. The molecule has 2 unspecified atom stereocenters. The number of rotatable bonds is 6. The van der Waals surface area contributed by atoms with Gasteiger partial charge in [0.15, 0.2) is 11.6 Å². The average Bonchev–Trinajstić information content (AvgIpc) is 3.17. The number of nitrogens with two attached hydrogens (primary N) is 1. The van der Waals surface area contributed by atoms with E-state index in [-0.39, 0.29) is 23.1 Å². The van der Waals surface area contributed by atoms with Crippen LogP contribution in [0.5, 0.6) is 0 Å². The second-order valence-electron chi connectivity index (χ2n) is 9.20. The zero-order valence-corrected chi connectivity index (χ0v) is 18.2. The first kappa shape index (κ1) is 23.7. The Labute approximate surface area is 184 Å². The molecule has 174 valence electrons. The van der Waals surface area contributed by atoms with E-state index in [1.54, 1.807) is 4.90 Å². The summed E-state index contributed by atoms with van der Waals surface area (Å²) in [6.07, 6.45) is -1.48. The minimum atomic E-state index is -4.42. The lowest BCUT2D eigenvalue weighted by Crippen LogP contribution is -2.39. The standard InChI is InChI=1S/C22H27F4N5O/c1-21(2,3)11-15(18(27)32)30-19-17(23)20(29-12-28-19)31-10-4-5-16(31)13-6-8-14(9-7-13)22(24,25)26/h6-9,12,15-16H,4-5,10-11H2,1-3H3,(H2,27,32)(H,28,29,30). The molecule has 2 heterocycles. The largest absolute Gasteiger partial charge is 0.416 e. The fraction of sp³-hybridized carbons (Fsp3) is 0.500. The van der Waals surface area contributed by atoms with Gasteiger partial charge in [0.2, 0.25) is 11.7 Å². The van der Waals surface area contributed by atoms with E-state index in [9.17, 15) is 18.0 Å². The van der Waals surface area contributed by atoms with Gasteiger partial charge in [0.25, 0.3) is 0 Å². The van der Waals surface area contributed by atoms with Crippen molar-refractivity contribution in [1.29, 1.82) is 0 Å². The quantitative estimate of drug-likeness (QED) is 0.621. The Kier molecular flexibility index (Phi) is 6.61. The summed E-state index contributed by atoms with van der Waals surface area (Å²) in [6.45, 7) is 6.29. The number of hydrogen-bond donors (Lipinski definition) is 2. The van der Waals surface area contributed by atoms with Crippen LogP contribution in [0.3, 0.4) is 0 Å². The van der Waals surface area contributed by atoms with Crippen molar-refractivity contribution in [3.8, 4) is 0 Å². The molecule has 1 aromatic heterocycles. The van der Waals surface area contributed by atoms with Crippen molar-refractivity contribution < 1.29 is 22.4 Å². The maximum Gasteiger partial charge on any atom is 0.416 e. The number of carbonyl (C=O) groups is 1. The van der Waals surface area contributed by atoms with E-state index in [0.717, 1.165) is 18.6 Å². The number of anilines is 2. The molecule has 3 N–H and O–H groups in total. The van der Waals surface area contributed by atoms with Crippen molar-refractivity contribution in [1.82, 2.24) is 9.97 Å². The van der Waals surface area contributed by atoms with Crippen molar-refractivity contribution in [3.63, 3.8) is 0 Å². The average molecular weight is 453 g/mol. The smallest absolute Gasteiger partial charge is 0.368 e. The van der Waals surface area contributed by atoms with Crippen LogP contribution in [0.25, 0.3) is 0 Å². The molecule has 1 saturated heterocycles. The maximum atomic E-state index is 15.4. The number of aromatic nitrogens is 2. The molecule has 2 aromatic rings. The van der Waals surface area contributed by atoms with Crippen LogP contribution in [0.1, 0.15) is 57.2 Å². The molecule has 1 aromatic carbocycles. The van der Waals surface area contributed by atoms with Crippen LogP contribution in [0.15, 0.2) is 30.6 Å². The summed E-state index contributed by atoms with van der Waals surface area (Å²) in [7, 11) is 0. The fourth-order valence-electron chi connectivity index (χ4n) is 3.92. The number of amides is 1. The number of halogens is 4. The second kappa shape index (κ2) is 8.91. The zero-order valence-electron chi connectivity index (χ0n) is 18.2. The Hall–Kier alpha value is -2.91. The minimum absolute atomic E-state index is 0.0314. The van der Waals surface area contributed by atoms with Gasteiger partial charge >= 0.3 is 6.18 Å². The third-order valence-corrected chi connectivity index (χ3v) is 5.39. The number of primary amides is 1. The Bertz CT molecular complexity index is 956. The molecule has 0 radical (unpaired) electrons. The number of nitrogens with zero attached hydrogens (tertiary/aromatic N) is 3. The van der Waals surface area contributed by atoms with E-state index < -0.39 is 29.5 Å². The Balaban J connectivity index is 1.87. The van der Waals surface area contributed by atoms with Gasteiger partial charge in [0, 0.05) is 6.54 Å². The maximum absolute atomic E-state index is 15.4. The summed E-state index contributed by atoms with van der Waals surface area (Å²) >= 11 is 0. The van der Waals surface area contributed by atoms with E-state index >= 15 is 4.39 Å². The van der Waals surface area contributed by atoms with Crippen molar-refractivity contribution in [2.75, 3.05) is 16.8 Å². The van der Waals surface area contributed by atoms with Gasteiger partial charge in [0.05, 0.1) is 11.6 Å². The van der Waals surface area contributed by atoms with Gasteiger partial charge in [-0.05, 0) is 42.4 Å². The highest BCUT2D eigenvalue weighted by atomic mass is 19.4. The van der Waals surface area contributed by atoms with E-state index in [1.807, 2.05) is 20.8 Å². The van der Waals surface area contributed by atoms with Gasteiger partial charge in [0.1, 0.15) is 12.4 Å². The van der Waals surface area contributed by atoms with Crippen LogP contribution < -0.4 is 16.0 Å². The summed E-state index contributed by atoms with van der Waals surface area (Å²) in [6, 6.07) is 3.73. The highest BCUT2D eigenvalue weighted by Gasteiger charge is 2.33. The van der Waals surface area contributed by atoms with Crippen LogP contribution in [-0.2, 0) is 11.0 Å². The fourth-order valence-corrected chi connectivity index (χ4v) is 3.92. The van der Waals surface area contributed by atoms with E-state index in [0.29, 0.717) is 24.9 Å². The molecule has 1 amide bonds. The molecule has 0 saturated carbocycles. The molecule has 0 aliphatic carbocycles. The van der Waals surface area contributed by atoms with Gasteiger partial charge in [-0.3, -0.25) is 4.79 Å². The lowest BCUT2D eigenvalue weighted by molar-refractivity contribution is -0.137. The molecule has 0 spiro atoms. The Morgan fingerprint density at radius 1 is 1.22 bits per heavy atom. The van der Waals surface area contributed by atoms with Crippen molar-refractivity contribution >= 4 is 17.5 Å². The summed E-state index contributed by atoms with van der Waals surface area (Å²) in [5.74, 6) is -1.46. The first-order valence-corrected chi connectivity index (χ1v) is 10.4. The van der Waals surface area contributed by atoms with Crippen molar-refractivity contribution in [3.05, 3.63) is 47.5 Å². The number of nitrogens with one attached hydrogen (secondary N) is 1. The van der Waals surface area contributed by atoms with Crippen LogP contribution in [0.4, 0.5) is 29.2 Å². The highest BCUT2D eigenvalue weighted by molar-refractivity contribution is 5.82. The van der Waals surface area contributed by atoms with E-state index in [4.69, 9.17) is 5.73 Å². The lowest BCUT2D eigenvalue weighted by Gasteiger charge is -2.28. The molecule has 10 heteroatoms. The SMILES string of the molecule is CC(C)(C)CC(Nc1ncnc(N2CCCC2c2ccc(C(F)(F)F)cc2)c1F)C(N)=O. The molecule has 1 fully saturated rings. The first-order chi connectivity index (χ1) is 14.9. The summed E-state index contributed by atoms with van der Waals surface area (Å²) < 4.78 is 54.0. The molecular weight excluding hydrogens is 426 g/mol. The number of alkyl halides is 3. The highest BCUT2D eigenvalue weighted by Crippen LogP contribution is 2.38. The molecule has 1 aliphatic rings. The second-order valence-corrected chi connectivity index (χ2v) is 9.20. The molecule has 0 bridgehead atoms. The lowest BCUT2D eigenvalue weighted by atomic mass is 9.88. The van der Waals surface area contributed by atoms with Gasteiger partial charge in [-0.1, -0.05) is 32.9 Å². The molecule has 32 heavy (non-hydrogen) atoms. The molecule has 1 aliphatic heterocycles. The molecule has 3 rings (SSSR count). The van der Waals surface area contributed by atoms with Gasteiger partial charge in [-0.15, -0.1) is 0 Å².